The number of benzene rings is 1. The molecule has 0 radical (unpaired) electrons. The van der Waals surface area contributed by atoms with E-state index in [1.165, 1.54) is 36.4 Å². The Morgan fingerprint density at radius 1 is 1.16 bits per heavy atom. The van der Waals surface area contributed by atoms with Crippen LogP contribution < -0.4 is 9.64 Å². The zero-order valence-electron chi connectivity index (χ0n) is 12.1. The van der Waals surface area contributed by atoms with Crippen LogP contribution in [0.1, 0.15) is 38.2 Å². The Bertz CT molecular complexity index is 369. The van der Waals surface area contributed by atoms with E-state index in [9.17, 15) is 5.11 Å². The highest BCUT2D eigenvalue weighted by molar-refractivity contribution is 5.28. The van der Waals surface area contributed by atoms with Gasteiger partial charge in [-0.1, -0.05) is 26.0 Å². The molecule has 0 aromatic heterocycles. The van der Waals surface area contributed by atoms with E-state index in [1.54, 1.807) is 0 Å². The van der Waals surface area contributed by atoms with Crippen LogP contribution in [0.4, 0.5) is 0 Å². The normalized spacial score (nSPS) is 17.9. The number of quaternary nitrogens is 1. The number of nitrogens with one attached hydrogen (secondary N) is 1. The number of rotatable bonds is 6. The first-order valence-corrected chi connectivity index (χ1v) is 7.39. The molecule has 1 atom stereocenters. The Morgan fingerprint density at radius 2 is 1.79 bits per heavy atom. The van der Waals surface area contributed by atoms with Crippen LogP contribution in [0.5, 0.6) is 5.75 Å². The summed E-state index contributed by atoms with van der Waals surface area (Å²) in [4.78, 5) is 1.51. The van der Waals surface area contributed by atoms with Crippen molar-refractivity contribution in [3.8, 4) is 5.75 Å². The van der Waals surface area contributed by atoms with Gasteiger partial charge < -0.3 is 14.7 Å². The second-order valence-corrected chi connectivity index (χ2v) is 5.85. The Hall–Kier alpha value is -1.06. The Kier molecular flexibility index (Phi) is 5.23. The Labute approximate surface area is 116 Å². The van der Waals surface area contributed by atoms with Gasteiger partial charge in [0.15, 0.2) is 0 Å². The second kappa shape index (κ2) is 6.92. The van der Waals surface area contributed by atoms with E-state index < -0.39 is 0 Å². The molecule has 1 aliphatic rings. The second-order valence-electron chi connectivity index (χ2n) is 5.85. The van der Waals surface area contributed by atoms with Crippen molar-refractivity contribution in [1.29, 1.82) is 0 Å². The lowest BCUT2D eigenvalue weighted by Crippen LogP contribution is -3.11. The van der Waals surface area contributed by atoms with E-state index >= 15 is 0 Å². The first-order valence-electron chi connectivity index (χ1n) is 7.39. The lowest BCUT2D eigenvalue weighted by atomic mass is 10.0. The average Bonchev–Trinajstić information content (AvgIpc) is 2.89. The van der Waals surface area contributed by atoms with E-state index in [4.69, 9.17) is 4.74 Å². The molecule has 3 heteroatoms. The monoisotopic (exact) mass is 264 g/mol. The van der Waals surface area contributed by atoms with Crippen LogP contribution in [0.25, 0.3) is 0 Å². The van der Waals surface area contributed by atoms with Gasteiger partial charge in [0.05, 0.1) is 13.1 Å². The summed E-state index contributed by atoms with van der Waals surface area (Å²) < 4.78 is 5.65. The molecule has 0 spiro atoms. The molecule has 106 valence electrons. The summed E-state index contributed by atoms with van der Waals surface area (Å²) in [6, 6.07) is 8.17. The molecular formula is C16H26NO2+. The highest BCUT2D eigenvalue weighted by Gasteiger charge is 2.19. The van der Waals surface area contributed by atoms with Crippen molar-refractivity contribution >= 4 is 0 Å². The van der Waals surface area contributed by atoms with E-state index in [2.05, 4.69) is 26.0 Å². The van der Waals surface area contributed by atoms with Gasteiger partial charge in [0, 0.05) is 12.8 Å². The molecule has 1 aliphatic heterocycles. The predicted molar refractivity (Wildman–Crippen MR) is 76.8 cm³/mol. The number of aliphatic hydroxyl groups excluding tert-OH is 1. The number of ether oxygens (including phenoxy) is 1. The predicted octanol–water partition coefficient (Wildman–Crippen LogP) is 1.23. The van der Waals surface area contributed by atoms with E-state index in [0.29, 0.717) is 12.5 Å². The van der Waals surface area contributed by atoms with Crippen LogP contribution >= 0.6 is 0 Å². The smallest absolute Gasteiger partial charge is 0.137 e. The van der Waals surface area contributed by atoms with Crippen molar-refractivity contribution in [3.63, 3.8) is 0 Å². The fourth-order valence-electron chi connectivity index (χ4n) is 2.61. The van der Waals surface area contributed by atoms with Gasteiger partial charge in [-0.05, 0) is 23.6 Å². The molecule has 0 unspecified atom stereocenters. The lowest BCUT2D eigenvalue weighted by Gasteiger charge is -2.17. The van der Waals surface area contributed by atoms with Crippen LogP contribution in [-0.4, -0.2) is 37.5 Å². The molecule has 3 nitrogen and oxygen atoms in total. The fourth-order valence-corrected chi connectivity index (χ4v) is 2.61. The Balaban J connectivity index is 1.74. The minimum Gasteiger partial charge on any atom is -0.491 e. The zero-order chi connectivity index (χ0) is 13.7. The number of hydrogen-bond acceptors (Lipinski definition) is 2. The van der Waals surface area contributed by atoms with Crippen LogP contribution in [0.2, 0.25) is 0 Å². The molecule has 2 rings (SSSR count). The molecule has 0 amide bonds. The number of aliphatic hydroxyl groups is 1. The summed E-state index contributed by atoms with van der Waals surface area (Å²) in [6.07, 6.45) is 2.22. The van der Waals surface area contributed by atoms with Gasteiger partial charge in [-0.3, -0.25) is 0 Å². The highest BCUT2D eigenvalue weighted by atomic mass is 16.5. The van der Waals surface area contributed by atoms with Crippen molar-refractivity contribution in [2.24, 2.45) is 0 Å². The Morgan fingerprint density at radius 3 is 2.37 bits per heavy atom. The molecule has 1 saturated heterocycles. The summed E-state index contributed by atoms with van der Waals surface area (Å²) in [5.74, 6) is 1.39. The summed E-state index contributed by atoms with van der Waals surface area (Å²) in [5.41, 5.74) is 1.31. The molecule has 0 saturated carbocycles. The molecule has 1 fully saturated rings. The topological polar surface area (TPSA) is 33.9 Å². The van der Waals surface area contributed by atoms with Gasteiger partial charge in [0.25, 0.3) is 0 Å². The first-order chi connectivity index (χ1) is 9.15. The highest BCUT2D eigenvalue weighted by Crippen LogP contribution is 2.18. The molecule has 1 aromatic carbocycles. The SMILES string of the molecule is CC(C)c1ccc(OC[C@@H](O)C[NH+]2CCCC2)cc1. The maximum Gasteiger partial charge on any atom is 0.137 e. The summed E-state index contributed by atoms with van der Waals surface area (Å²) in [5, 5.41) is 9.97. The minimum atomic E-state index is -0.363. The van der Waals surface area contributed by atoms with Gasteiger partial charge in [-0.25, -0.2) is 0 Å². The fraction of sp³-hybridized carbons (Fsp3) is 0.625. The molecule has 2 N–H and O–H groups in total. The van der Waals surface area contributed by atoms with Crippen molar-refractivity contribution in [1.82, 2.24) is 0 Å². The molecule has 19 heavy (non-hydrogen) atoms. The third-order valence-corrected chi connectivity index (χ3v) is 3.82. The first kappa shape index (κ1) is 14.4. The van der Waals surface area contributed by atoms with E-state index in [-0.39, 0.29) is 6.10 Å². The van der Waals surface area contributed by atoms with Crippen molar-refractivity contribution in [2.45, 2.75) is 38.7 Å². The number of hydrogen-bond donors (Lipinski definition) is 2. The molecule has 1 aromatic rings. The van der Waals surface area contributed by atoms with E-state index in [1.807, 2.05) is 12.1 Å². The van der Waals surface area contributed by atoms with Crippen molar-refractivity contribution < 1.29 is 14.7 Å². The van der Waals surface area contributed by atoms with E-state index in [0.717, 1.165) is 12.3 Å². The maximum absolute atomic E-state index is 9.97. The van der Waals surface area contributed by atoms with Gasteiger partial charge in [-0.15, -0.1) is 0 Å². The van der Waals surface area contributed by atoms with Crippen LogP contribution in [-0.2, 0) is 0 Å². The standard InChI is InChI=1S/C16H25NO2/c1-13(2)14-5-7-16(8-6-14)19-12-15(18)11-17-9-3-4-10-17/h5-8,13,15,18H,3-4,9-12H2,1-2H3/p+1/t15-/m0/s1. The van der Waals surface area contributed by atoms with Crippen LogP contribution in [0.3, 0.4) is 0 Å². The van der Waals surface area contributed by atoms with Crippen LogP contribution in [0, 0.1) is 0 Å². The molecule has 0 bridgehead atoms. The van der Waals surface area contributed by atoms with Gasteiger partial charge in [0.1, 0.15) is 25.0 Å². The molecular weight excluding hydrogens is 238 g/mol. The third kappa shape index (κ3) is 4.51. The number of likely N-dealkylation sites (tertiary alicyclic amines) is 1. The van der Waals surface area contributed by atoms with Crippen LogP contribution in [0.15, 0.2) is 24.3 Å². The quantitative estimate of drug-likeness (QED) is 0.810. The molecule has 1 heterocycles. The van der Waals surface area contributed by atoms with Crippen molar-refractivity contribution in [3.05, 3.63) is 29.8 Å². The summed E-state index contributed by atoms with van der Waals surface area (Å²) in [7, 11) is 0. The maximum atomic E-state index is 9.97. The van der Waals surface area contributed by atoms with Gasteiger partial charge >= 0.3 is 0 Å². The third-order valence-electron chi connectivity index (χ3n) is 3.82. The molecule has 0 aliphatic carbocycles. The summed E-state index contributed by atoms with van der Waals surface area (Å²) in [6.45, 7) is 7.95. The largest absolute Gasteiger partial charge is 0.491 e. The van der Waals surface area contributed by atoms with Gasteiger partial charge in [-0.2, -0.15) is 0 Å². The van der Waals surface area contributed by atoms with Gasteiger partial charge in [0.2, 0.25) is 0 Å². The zero-order valence-corrected chi connectivity index (χ0v) is 12.1. The lowest BCUT2D eigenvalue weighted by molar-refractivity contribution is -0.890. The average molecular weight is 264 g/mol. The summed E-state index contributed by atoms with van der Waals surface area (Å²) >= 11 is 0. The minimum absolute atomic E-state index is 0.363. The van der Waals surface area contributed by atoms with Crippen molar-refractivity contribution in [2.75, 3.05) is 26.2 Å².